The van der Waals surface area contributed by atoms with Crippen molar-refractivity contribution in [3.8, 4) is 6.07 Å². The van der Waals surface area contributed by atoms with Crippen LogP contribution in [-0.4, -0.2) is 30.3 Å². The number of thiophene rings is 1. The number of alkyl halides is 3. The molecule has 0 saturated carbocycles. The molecule has 2 heterocycles. The lowest BCUT2D eigenvalue weighted by Crippen LogP contribution is -2.32. The van der Waals surface area contributed by atoms with Gasteiger partial charge in [0.2, 0.25) is 11.8 Å². The summed E-state index contributed by atoms with van der Waals surface area (Å²) in [6, 6.07) is 8.01. The highest BCUT2D eigenvalue weighted by Gasteiger charge is 2.44. The van der Waals surface area contributed by atoms with Gasteiger partial charge in [0, 0.05) is 19.5 Å². The summed E-state index contributed by atoms with van der Waals surface area (Å²) in [7, 11) is 1.54. The first kappa shape index (κ1) is 18.9. The molecule has 2 atom stereocenters. The molecule has 9 heteroatoms. The van der Waals surface area contributed by atoms with E-state index in [9.17, 15) is 22.8 Å². The van der Waals surface area contributed by atoms with Crippen molar-refractivity contribution in [3.63, 3.8) is 0 Å². The maximum atomic E-state index is 12.8. The Kier molecular flexibility index (Phi) is 4.93. The van der Waals surface area contributed by atoms with E-state index in [4.69, 9.17) is 5.26 Å². The second-order valence-corrected chi connectivity index (χ2v) is 7.10. The van der Waals surface area contributed by atoms with Gasteiger partial charge in [-0.2, -0.15) is 18.4 Å². The van der Waals surface area contributed by atoms with Gasteiger partial charge in [0.05, 0.1) is 11.3 Å². The van der Waals surface area contributed by atoms with Gasteiger partial charge >= 0.3 is 6.18 Å². The molecule has 0 unspecified atom stereocenters. The fourth-order valence-corrected chi connectivity index (χ4v) is 3.76. The monoisotopic (exact) mass is 393 g/mol. The van der Waals surface area contributed by atoms with Crippen molar-refractivity contribution < 1.29 is 22.8 Å². The number of hydrogen-bond acceptors (Lipinski definition) is 4. The molecule has 0 aliphatic carbocycles. The molecule has 1 aliphatic heterocycles. The minimum Gasteiger partial charge on any atom is -0.344 e. The number of nitrogens with zero attached hydrogens (tertiary/aromatic N) is 2. The van der Waals surface area contributed by atoms with Crippen LogP contribution in [-0.2, 0) is 15.8 Å². The van der Waals surface area contributed by atoms with E-state index in [2.05, 4.69) is 5.32 Å². The number of benzene rings is 1. The van der Waals surface area contributed by atoms with Crippen LogP contribution in [0.1, 0.15) is 21.9 Å². The molecular formula is C18H14F3N3O2S. The highest BCUT2D eigenvalue weighted by Crippen LogP contribution is 2.36. The van der Waals surface area contributed by atoms with Crippen LogP contribution in [0.2, 0.25) is 0 Å². The zero-order chi connectivity index (χ0) is 19.8. The highest BCUT2D eigenvalue weighted by atomic mass is 32.1. The van der Waals surface area contributed by atoms with Gasteiger partial charge in [-0.1, -0.05) is 12.1 Å². The first-order valence-corrected chi connectivity index (χ1v) is 8.81. The molecule has 1 fully saturated rings. The lowest BCUT2D eigenvalue weighted by atomic mass is 9.87. The Balaban J connectivity index is 1.87. The summed E-state index contributed by atoms with van der Waals surface area (Å²) in [5, 5.41) is 13.3. The second-order valence-electron chi connectivity index (χ2n) is 6.19. The van der Waals surface area contributed by atoms with Crippen LogP contribution >= 0.6 is 11.3 Å². The average molecular weight is 393 g/mol. The molecule has 1 N–H and O–H groups in total. The summed E-state index contributed by atoms with van der Waals surface area (Å²) in [4.78, 5) is 26.9. The third-order valence-corrected chi connectivity index (χ3v) is 5.31. The number of carbonyl (C=O) groups excluding carboxylic acids is 2. The second kappa shape index (κ2) is 7.04. The lowest BCUT2D eigenvalue weighted by molar-refractivity contribution is -0.138. The Morgan fingerprint density at radius 3 is 2.56 bits per heavy atom. The van der Waals surface area contributed by atoms with Crippen LogP contribution in [0.3, 0.4) is 0 Å². The first-order valence-electron chi connectivity index (χ1n) is 7.93. The van der Waals surface area contributed by atoms with E-state index in [1.165, 1.54) is 24.1 Å². The number of halogens is 3. The van der Waals surface area contributed by atoms with E-state index in [1.54, 1.807) is 11.4 Å². The van der Waals surface area contributed by atoms with Gasteiger partial charge in [-0.05, 0) is 29.1 Å². The molecule has 3 rings (SSSR count). The van der Waals surface area contributed by atoms with E-state index >= 15 is 0 Å². The Labute approximate surface area is 157 Å². The number of hydrogen-bond donors (Lipinski definition) is 1. The molecular weight excluding hydrogens is 379 g/mol. The van der Waals surface area contributed by atoms with Gasteiger partial charge in [0.15, 0.2) is 0 Å². The van der Waals surface area contributed by atoms with Crippen LogP contribution in [0.5, 0.6) is 0 Å². The van der Waals surface area contributed by atoms with Crippen molar-refractivity contribution >= 4 is 28.8 Å². The Morgan fingerprint density at radius 2 is 1.96 bits per heavy atom. The molecule has 1 aromatic heterocycles. The summed E-state index contributed by atoms with van der Waals surface area (Å²) >= 11 is 1.16. The third-order valence-electron chi connectivity index (χ3n) is 4.49. The van der Waals surface area contributed by atoms with E-state index < -0.39 is 35.4 Å². The Bertz CT molecular complexity index is 915. The lowest BCUT2D eigenvalue weighted by Gasteiger charge is -2.17. The number of likely N-dealkylation sites (N-methyl/N-ethyl adjacent to an activating group) is 1. The molecule has 0 radical (unpaired) electrons. The van der Waals surface area contributed by atoms with E-state index in [-0.39, 0.29) is 6.54 Å². The first-order chi connectivity index (χ1) is 12.7. The summed E-state index contributed by atoms with van der Waals surface area (Å²) < 4.78 is 38.3. The smallest absolute Gasteiger partial charge is 0.344 e. The quantitative estimate of drug-likeness (QED) is 0.812. The fraction of sp³-hybridized carbons (Fsp3) is 0.278. The third kappa shape index (κ3) is 3.66. The maximum absolute atomic E-state index is 12.8. The summed E-state index contributed by atoms with van der Waals surface area (Å²) in [5.41, 5.74) is 0.00885. The van der Waals surface area contributed by atoms with Crippen LogP contribution in [0.15, 0.2) is 35.7 Å². The molecule has 140 valence electrons. The predicted molar refractivity (Wildman–Crippen MR) is 93.0 cm³/mol. The molecule has 5 nitrogen and oxygen atoms in total. The number of rotatable bonds is 3. The predicted octanol–water partition coefficient (Wildman–Crippen LogP) is 3.45. The summed E-state index contributed by atoms with van der Waals surface area (Å²) in [5.74, 6) is -2.64. The maximum Gasteiger partial charge on any atom is 0.416 e. The summed E-state index contributed by atoms with van der Waals surface area (Å²) in [6.45, 7) is 0.219. The van der Waals surface area contributed by atoms with Gasteiger partial charge in [-0.3, -0.25) is 9.59 Å². The Morgan fingerprint density at radius 1 is 1.30 bits per heavy atom. The van der Waals surface area contributed by atoms with Crippen molar-refractivity contribution in [3.05, 3.63) is 51.7 Å². The number of amides is 2. The zero-order valence-electron chi connectivity index (χ0n) is 14.1. The van der Waals surface area contributed by atoms with Gasteiger partial charge < -0.3 is 10.2 Å². The largest absolute Gasteiger partial charge is 0.416 e. The number of nitriles is 1. The molecule has 27 heavy (non-hydrogen) atoms. The number of anilines is 1. The minimum absolute atomic E-state index is 0.219. The van der Waals surface area contributed by atoms with E-state index in [0.29, 0.717) is 16.1 Å². The van der Waals surface area contributed by atoms with Crippen molar-refractivity contribution in [1.82, 2.24) is 4.90 Å². The van der Waals surface area contributed by atoms with E-state index in [0.717, 1.165) is 23.5 Å². The van der Waals surface area contributed by atoms with Crippen molar-refractivity contribution in [2.45, 2.75) is 12.1 Å². The van der Waals surface area contributed by atoms with Gasteiger partial charge in [0.25, 0.3) is 0 Å². The van der Waals surface area contributed by atoms with E-state index in [1.807, 2.05) is 6.07 Å². The molecule has 2 amide bonds. The average Bonchev–Trinajstić information content (AvgIpc) is 3.18. The number of nitrogens with one attached hydrogen (secondary N) is 1. The van der Waals surface area contributed by atoms with Crippen LogP contribution in [0.4, 0.5) is 18.9 Å². The van der Waals surface area contributed by atoms with Crippen molar-refractivity contribution in [1.29, 1.82) is 5.26 Å². The van der Waals surface area contributed by atoms with Crippen LogP contribution in [0.25, 0.3) is 0 Å². The standard InChI is InChI=1S/C18H14F3N3O2S/c1-24-9-12(10-2-4-11(5-3-10)18(19,20)21)15(17(24)26)16(25)23-13-6-7-27-14(13)8-22/h2-7,12,15H,9H2,1H3,(H,23,25)/t12-,15+/m1/s1. The van der Waals surface area contributed by atoms with Crippen LogP contribution in [0, 0.1) is 17.2 Å². The zero-order valence-corrected chi connectivity index (χ0v) is 14.9. The molecule has 1 aliphatic rings. The molecule has 1 saturated heterocycles. The number of likely N-dealkylation sites (tertiary alicyclic amines) is 1. The minimum atomic E-state index is -4.45. The topological polar surface area (TPSA) is 73.2 Å². The van der Waals surface area contributed by atoms with Crippen LogP contribution < -0.4 is 5.32 Å². The summed E-state index contributed by atoms with van der Waals surface area (Å²) in [6.07, 6.45) is -4.45. The van der Waals surface area contributed by atoms with Gasteiger partial charge in [-0.25, -0.2) is 0 Å². The number of carbonyl (C=O) groups is 2. The van der Waals surface area contributed by atoms with Gasteiger partial charge in [0.1, 0.15) is 16.9 Å². The Hall–Kier alpha value is -2.86. The molecule has 2 aromatic rings. The molecule has 0 spiro atoms. The normalized spacial score (nSPS) is 19.8. The highest BCUT2D eigenvalue weighted by molar-refractivity contribution is 7.11. The van der Waals surface area contributed by atoms with Crippen molar-refractivity contribution in [2.75, 3.05) is 18.9 Å². The van der Waals surface area contributed by atoms with Gasteiger partial charge in [-0.15, -0.1) is 11.3 Å². The SMILES string of the molecule is CN1C[C@H](c2ccc(C(F)(F)F)cc2)[C@@H](C(=O)Nc2ccsc2C#N)C1=O. The fourth-order valence-electron chi connectivity index (χ4n) is 3.12. The molecule has 1 aromatic carbocycles. The van der Waals surface area contributed by atoms with Crippen molar-refractivity contribution in [2.24, 2.45) is 5.92 Å². The molecule has 0 bridgehead atoms.